The Balaban J connectivity index is 2.08. The molecule has 0 unspecified atom stereocenters. The third-order valence-electron chi connectivity index (χ3n) is 4.32. The van der Waals surface area contributed by atoms with E-state index in [1.165, 1.54) is 0 Å². The standard InChI is InChI=1S/C23H29NO5/c1-6-13-28-19-12-11-18(14-20(19)27-7-2)23(26)29-17(5)22(25)24-21-15(3)9-8-10-16(21)4/h8-12,14,17H,6-7,13H2,1-5H3,(H,24,25)/t17-/m1/s1. The van der Waals surface area contributed by atoms with Crippen LogP contribution in [-0.4, -0.2) is 31.2 Å². The van der Waals surface area contributed by atoms with Gasteiger partial charge < -0.3 is 19.5 Å². The van der Waals surface area contributed by atoms with Gasteiger partial charge in [0.1, 0.15) is 0 Å². The minimum atomic E-state index is -0.951. The Hall–Kier alpha value is -3.02. The van der Waals surface area contributed by atoms with E-state index in [0.29, 0.717) is 30.3 Å². The van der Waals surface area contributed by atoms with Crippen LogP contribution in [0.4, 0.5) is 5.69 Å². The molecular weight excluding hydrogens is 370 g/mol. The van der Waals surface area contributed by atoms with Gasteiger partial charge in [-0.25, -0.2) is 4.79 Å². The predicted octanol–water partition coefficient (Wildman–Crippen LogP) is 4.67. The van der Waals surface area contributed by atoms with Crippen LogP contribution in [0.3, 0.4) is 0 Å². The molecule has 6 nitrogen and oxygen atoms in total. The van der Waals surface area contributed by atoms with Gasteiger partial charge in [0.25, 0.3) is 5.91 Å². The number of carbonyl (C=O) groups is 2. The van der Waals surface area contributed by atoms with Crippen LogP contribution in [0.25, 0.3) is 0 Å². The Labute approximate surface area is 172 Å². The number of aryl methyl sites for hydroxylation is 2. The first-order valence-corrected chi connectivity index (χ1v) is 9.85. The Morgan fingerprint density at radius 1 is 1.00 bits per heavy atom. The third kappa shape index (κ3) is 5.98. The summed E-state index contributed by atoms with van der Waals surface area (Å²) in [5.41, 5.74) is 2.92. The number of hydrogen-bond acceptors (Lipinski definition) is 5. The van der Waals surface area contributed by atoms with E-state index in [0.717, 1.165) is 23.2 Å². The lowest BCUT2D eigenvalue weighted by molar-refractivity contribution is -0.123. The molecule has 0 radical (unpaired) electrons. The monoisotopic (exact) mass is 399 g/mol. The molecule has 2 aromatic carbocycles. The van der Waals surface area contributed by atoms with Gasteiger partial charge in [-0.1, -0.05) is 25.1 Å². The topological polar surface area (TPSA) is 73.9 Å². The third-order valence-corrected chi connectivity index (χ3v) is 4.32. The fourth-order valence-corrected chi connectivity index (χ4v) is 2.75. The SMILES string of the molecule is CCCOc1ccc(C(=O)O[C@H](C)C(=O)Nc2c(C)cccc2C)cc1OCC. The number of para-hydroxylation sites is 1. The van der Waals surface area contributed by atoms with Crippen molar-refractivity contribution in [3.8, 4) is 11.5 Å². The molecule has 29 heavy (non-hydrogen) atoms. The van der Waals surface area contributed by atoms with Crippen LogP contribution in [0.5, 0.6) is 11.5 Å². The van der Waals surface area contributed by atoms with E-state index in [2.05, 4.69) is 5.32 Å². The number of ether oxygens (including phenoxy) is 3. The molecule has 6 heteroatoms. The quantitative estimate of drug-likeness (QED) is 0.620. The second-order valence-electron chi connectivity index (χ2n) is 6.75. The molecule has 1 amide bonds. The maximum absolute atomic E-state index is 12.5. The second kappa shape index (κ2) is 10.5. The van der Waals surface area contributed by atoms with E-state index in [-0.39, 0.29) is 5.91 Å². The van der Waals surface area contributed by atoms with Gasteiger partial charge in [-0.15, -0.1) is 0 Å². The van der Waals surface area contributed by atoms with Gasteiger partial charge in [-0.05, 0) is 63.4 Å². The van der Waals surface area contributed by atoms with Crippen molar-refractivity contribution in [2.24, 2.45) is 0 Å². The summed E-state index contributed by atoms with van der Waals surface area (Å²) in [6.45, 7) is 10.2. The highest BCUT2D eigenvalue weighted by atomic mass is 16.5. The van der Waals surface area contributed by atoms with Crippen molar-refractivity contribution >= 4 is 17.6 Å². The zero-order valence-electron chi connectivity index (χ0n) is 17.7. The molecule has 0 aliphatic carbocycles. The number of hydrogen-bond donors (Lipinski definition) is 1. The number of nitrogens with one attached hydrogen (secondary N) is 1. The Morgan fingerprint density at radius 3 is 2.31 bits per heavy atom. The van der Waals surface area contributed by atoms with Crippen LogP contribution < -0.4 is 14.8 Å². The van der Waals surface area contributed by atoms with Crippen molar-refractivity contribution in [3.63, 3.8) is 0 Å². The Morgan fingerprint density at radius 2 is 1.69 bits per heavy atom. The first-order chi connectivity index (χ1) is 13.9. The molecule has 1 atom stereocenters. The number of esters is 1. The molecule has 0 aromatic heterocycles. The van der Waals surface area contributed by atoms with E-state index in [9.17, 15) is 9.59 Å². The minimum absolute atomic E-state index is 0.295. The molecular formula is C23H29NO5. The lowest BCUT2D eigenvalue weighted by atomic mass is 10.1. The van der Waals surface area contributed by atoms with Crippen molar-refractivity contribution in [3.05, 3.63) is 53.1 Å². The maximum Gasteiger partial charge on any atom is 0.339 e. The molecule has 0 saturated carbocycles. The van der Waals surface area contributed by atoms with Crippen LogP contribution in [-0.2, 0) is 9.53 Å². The number of benzene rings is 2. The highest BCUT2D eigenvalue weighted by molar-refractivity contribution is 5.98. The predicted molar refractivity (Wildman–Crippen MR) is 113 cm³/mol. The molecule has 0 fully saturated rings. The first kappa shape index (κ1) is 22.3. The lowest BCUT2D eigenvalue weighted by Gasteiger charge is -2.17. The summed E-state index contributed by atoms with van der Waals surface area (Å²) in [6.07, 6.45) is -0.0874. The molecule has 0 aliphatic heterocycles. The fourth-order valence-electron chi connectivity index (χ4n) is 2.75. The zero-order chi connectivity index (χ0) is 21.4. The highest BCUT2D eigenvalue weighted by Crippen LogP contribution is 2.29. The molecule has 2 aromatic rings. The number of rotatable bonds is 9. The van der Waals surface area contributed by atoms with Crippen LogP contribution >= 0.6 is 0 Å². The van der Waals surface area contributed by atoms with Gasteiger partial charge in [0.05, 0.1) is 18.8 Å². The molecule has 156 valence electrons. The second-order valence-corrected chi connectivity index (χ2v) is 6.75. The van der Waals surface area contributed by atoms with E-state index in [1.807, 2.05) is 45.9 Å². The largest absolute Gasteiger partial charge is 0.490 e. The van der Waals surface area contributed by atoms with Gasteiger partial charge in [0, 0.05) is 5.69 Å². The number of carbonyl (C=O) groups excluding carboxylic acids is 2. The van der Waals surface area contributed by atoms with Crippen LogP contribution in [0, 0.1) is 13.8 Å². The Kier molecular flexibility index (Phi) is 8.07. The summed E-state index contributed by atoms with van der Waals surface area (Å²) in [6, 6.07) is 10.6. The average molecular weight is 399 g/mol. The van der Waals surface area contributed by atoms with Crippen LogP contribution in [0.1, 0.15) is 48.7 Å². The summed E-state index contributed by atoms with van der Waals surface area (Å²) in [7, 11) is 0. The smallest absolute Gasteiger partial charge is 0.339 e. The van der Waals surface area contributed by atoms with E-state index in [1.54, 1.807) is 25.1 Å². The maximum atomic E-state index is 12.5. The van der Waals surface area contributed by atoms with Crippen molar-refractivity contribution in [2.45, 2.75) is 47.1 Å². The van der Waals surface area contributed by atoms with Gasteiger partial charge in [0.2, 0.25) is 0 Å². The van der Waals surface area contributed by atoms with Gasteiger partial charge in [0.15, 0.2) is 17.6 Å². The van der Waals surface area contributed by atoms with E-state index < -0.39 is 12.1 Å². The molecule has 0 bridgehead atoms. The van der Waals surface area contributed by atoms with Crippen LogP contribution in [0.15, 0.2) is 36.4 Å². The van der Waals surface area contributed by atoms with E-state index in [4.69, 9.17) is 14.2 Å². The molecule has 0 saturated heterocycles. The minimum Gasteiger partial charge on any atom is -0.490 e. The lowest BCUT2D eigenvalue weighted by Crippen LogP contribution is -2.30. The van der Waals surface area contributed by atoms with Crippen molar-refractivity contribution in [1.82, 2.24) is 0 Å². The molecule has 1 N–H and O–H groups in total. The van der Waals surface area contributed by atoms with Crippen molar-refractivity contribution in [1.29, 1.82) is 0 Å². The average Bonchev–Trinajstić information content (AvgIpc) is 2.69. The molecule has 0 aliphatic rings. The molecule has 2 rings (SSSR count). The van der Waals surface area contributed by atoms with Crippen LogP contribution in [0.2, 0.25) is 0 Å². The number of amides is 1. The Bertz CT molecular complexity index is 842. The molecule has 0 spiro atoms. The fraction of sp³-hybridized carbons (Fsp3) is 0.391. The summed E-state index contributed by atoms with van der Waals surface area (Å²) in [5.74, 6) is 0.0648. The first-order valence-electron chi connectivity index (χ1n) is 9.85. The molecule has 0 heterocycles. The van der Waals surface area contributed by atoms with Gasteiger partial charge >= 0.3 is 5.97 Å². The summed E-state index contributed by atoms with van der Waals surface area (Å²) in [4.78, 5) is 25.0. The summed E-state index contributed by atoms with van der Waals surface area (Å²) >= 11 is 0. The summed E-state index contributed by atoms with van der Waals surface area (Å²) in [5, 5.41) is 2.84. The van der Waals surface area contributed by atoms with Crippen molar-refractivity contribution in [2.75, 3.05) is 18.5 Å². The normalized spacial score (nSPS) is 11.5. The summed E-state index contributed by atoms with van der Waals surface area (Å²) < 4.78 is 16.6. The van der Waals surface area contributed by atoms with Gasteiger partial charge in [-0.3, -0.25) is 4.79 Å². The number of anilines is 1. The highest BCUT2D eigenvalue weighted by Gasteiger charge is 2.21. The van der Waals surface area contributed by atoms with Crippen molar-refractivity contribution < 1.29 is 23.8 Å². The van der Waals surface area contributed by atoms with E-state index >= 15 is 0 Å². The van der Waals surface area contributed by atoms with Gasteiger partial charge in [-0.2, -0.15) is 0 Å². The zero-order valence-corrected chi connectivity index (χ0v) is 17.7.